The van der Waals surface area contributed by atoms with Gasteiger partial charge in [0.2, 0.25) is 0 Å². The molecule has 0 radical (unpaired) electrons. The first-order chi connectivity index (χ1) is 10.6. The van der Waals surface area contributed by atoms with Crippen LogP contribution >= 0.6 is 0 Å². The molecule has 0 aromatic carbocycles. The topological polar surface area (TPSA) is 48.1 Å². The van der Waals surface area contributed by atoms with E-state index in [4.69, 9.17) is 0 Å². The van der Waals surface area contributed by atoms with Crippen molar-refractivity contribution in [2.75, 3.05) is 26.2 Å². The summed E-state index contributed by atoms with van der Waals surface area (Å²) in [7, 11) is 2.02. The summed E-state index contributed by atoms with van der Waals surface area (Å²) in [6.07, 6.45) is 5.50. The largest absolute Gasteiger partial charge is 0.333 e. The molecule has 0 spiro atoms. The molecule has 0 amide bonds. The Balaban J connectivity index is 1.69. The van der Waals surface area contributed by atoms with E-state index in [1.807, 2.05) is 20.9 Å². The second-order valence-electron chi connectivity index (χ2n) is 6.73. The summed E-state index contributed by atoms with van der Waals surface area (Å²) in [4.78, 5) is 9.49. The molecular formula is C17H27N5. The highest BCUT2D eigenvalue weighted by Gasteiger charge is 2.31. The Morgan fingerprint density at radius 3 is 2.27 bits per heavy atom. The van der Waals surface area contributed by atoms with Crippen molar-refractivity contribution < 1.29 is 0 Å². The molecule has 0 bridgehead atoms. The first-order valence-electron chi connectivity index (χ1n) is 8.49. The third kappa shape index (κ3) is 2.78. The number of piperazine rings is 1. The molecule has 1 aromatic heterocycles. The maximum atomic E-state index is 9.72. The third-order valence-electron chi connectivity index (χ3n) is 5.48. The normalized spacial score (nSPS) is 22.8. The first kappa shape index (κ1) is 15.5. The van der Waals surface area contributed by atoms with E-state index in [0.717, 1.165) is 49.4 Å². The maximum absolute atomic E-state index is 9.72. The van der Waals surface area contributed by atoms with Crippen LogP contribution in [-0.4, -0.2) is 51.6 Å². The van der Waals surface area contributed by atoms with Gasteiger partial charge in [-0.1, -0.05) is 12.8 Å². The van der Waals surface area contributed by atoms with Gasteiger partial charge in [-0.2, -0.15) is 5.26 Å². The summed E-state index contributed by atoms with van der Waals surface area (Å²) in [6.45, 7) is 8.18. The molecule has 5 heteroatoms. The monoisotopic (exact) mass is 301 g/mol. The van der Waals surface area contributed by atoms with Gasteiger partial charge in [-0.25, -0.2) is 4.98 Å². The van der Waals surface area contributed by atoms with E-state index in [-0.39, 0.29) is 6.04 Å². The highest BCUT2D eigenvalue weighted by molar-refractivity contribution is 5.24. The van der Waals surface area contributed by atoms with Crippen LogP contribution in [0.5, 0.6) is 0 Å². The van der Waals surface area contributed by atoms with Crippen LogP contribution < -0.4 is 0 Å². The Labute approximate surface area is 133 Å². The Hall–Kier alpha value is -1.38. The average Bonchev–Trinajstić information content (AvgIpc) is 3.13. The molecule has 1 saturated heterocycles. The SMILES string of the molecule is Cc1nc(C)n(C)c1C(C#N)N1CCN(C2CCCC2)CC1. The molecule has 22 heavy (non-hydrogen) atoms. The summed E-state index contributed by atoms with van der Waals surface area (Å²) in [5, 5.41) is 9.72. The Morgan fingerprint density at radius 1 is 1.14 bits per heavy atom. The minimum absolute atomic E-state index is 0.170. The molecule has 2 fully saturated rings. The predicted molar refractivity (Wildman–Crippen MR) is 86.4 cm³/mol. The molecule has 2 aliphatic rings. The predicted octanol–water partition coefficient (Wildman–Crippen LogP) is 2.16. The number of rotatable bonds is 3. The molecule has 1 aliphatic heterocycles. The summed E-state index contributed by atoms with van der Waals surface area (Å²) in [6, 6.07) is 3.14. The van der Waals surface area contributed by atoms with E-state index >= 15 is 0 Å². The zero-order valence-electron chi connectivity index (χ0n) is 14.0. The molecule has 1 unspecified atom stereocenters. The van der Waals surface area contributed by atoms with E-state index in [2.05, 4.69) is 25.4 Å². The smallest absolute Gasteiger partial charge is 0.140 e. The van der Waals surface area contributed by atoms with Crippen molar-refractivity contribution in [1.29, 1.82) is 5.26 Å². The zero-order valence-corrected chi connectivity index (χ0v) is 14.0. The second-order valence-corrected chi connectivity index (χ2v) is 6.73. The van der Waals surface area contributed by atoms with Gasteiger partial charge in [0.05, 0.1) is 17.5 Å². The molecule has 0 N–H and O–H groups in total. The number of nitrogens with zero attached hydrogens (tertiary/aromatic N) is 5. The standard InChI is InChI=1S/C17H27N5/c1-13-17(20(3)14(2)19-13)16(12-18)22-10-8-21(9-11-22)15-6-4-5-7-15/h15-16H,4-11H2,1-3H3. The summed E-state index contributed by atoms with van der Waals surface area (Å²) < 4.78 is 2.08. The molecule has 5 nitrogen and oxygen atoms in total. The summed E-state index contributed by atoms with van der Waals surface area (Å²) in [5.74, 6) is 0.984. The van der Waals surface area contributed by atoms with Crippen molar-refractivity contribution in [2.24, 2.45) is 7.05 Å². The highest BCUT2D eigenvalue weighted by Crippen LogP contribution is 2.28. The van der Waals surface area contributed by atoms with Crippen LogP contribution in [0.3, 0.4) is 0 Å². The number of imidazole rings is 1. The molecular weight excluding hydrogens is 274 g/mol. The fourth-order valence-corrected chi connectivity index (χ4v) is 4.12. The van der Waals surface area contributed by atoms with E-state index in [0.29, 0.717) is 0 Å². The zero-order chi connectivity index (χ0) is 15.7. The number of aromatic nitrogens is 2. The molecule has 1 atom stereocenters. The van der Waals surface area contributed by atoms with Gasteiger partial charge in [0.1, 0.15) is 11.9 Å². The van der Waals surface area contributed by atoms with Crippen LogP contribution in [0.2, 0.25) is 0 Å². The van der Waals surface area contributed by atoms with Gasteiger partial charge in [0.25, 0.3) is 0 Å². The van der Waals surface area contributed by atoms with Crippen LogP contribution in [0, 0.1) is 25.2 Å². The Bertz CT molecular complexity index is 556. The minimum atomic E-state index is -0.170. The second kappa shape index (κ2) is 6.39. The molecule has 1 saturated carbocycles. The average molecular weight is 301 g/mol. The molecule has 1 aliphatic carbocycles. The van der Waals surface area contributed by atoms with E-state index < -0.39 is 0 Å². The van der Waals surface area contributed by atoms with Crippen LogP contribution in [0.25, 0.3) is 0 Å². The van der Waals surface area contributed by atoms with Gasteiger partial charge in [-0.15, -0.1) is 0 Å². The number of nitriles is 1. The lowest BCUT2D eigenvalue weighted by atomic mass is 10.1. The van der Waals surface area contributed by atoms with E-state index in [1.54, 1.807) is 0 Å². The lowest BCUT2D eigenvalue weighted by molar-refractivity contribution is 0.0822. The van der Waals surface area contributed by atoms with Crippen molar-refractivity contribution in [3.05, 3.63) is 17.2 Å². The fourth-order valence-electron chi connectivity index (χ4n) is 4.12. The Morgan fingerprint density at radius 2 is 1.77 bits per heavy atom. The van der Waals surface area contributed by atoms with Gasteiger partial charge in [0.15, 0.2) is 0 Å². The van der Waals surface area contributed by atoms with Crippen LogP contribution in [0.4, 0.5) is 0 Å². The summed E-state index contributed by atoms with van der Waals surface area (Å²) >= 11 is 0. The van der Waals surface area contributed by atoms with Crippen molar-refractivity contribution in [3.8, 4) is 6.07 Å². The van der Waals surface area contributed by atoms with Crippen LogP contribution in [0.15, 0.2) is 0 Å². The van der Waals surface area contributed by atoms with E-state index in [1.165, 1.54) is 25.7 Å². The number of hydrogen-bond acceptors (Lipinski definition) is 4. The highest BCUT2D eigenvalue weighted by atomic mass is 15.3. The minimum Gasteiger partial charge on any atom is -0.333 e. The number of hydrogen-bond donors (Lipinski definition) is 0. The van der Waals surface area contributed by atoms with Gasteiger partial charge < -0.3 is 4.57 Å². The van der Waals surface area contributed by atoms with E-state index in [9.17, 15) is 5.26 Å². The van der Waals surface area contributed by atoms with Gasteiger partial charge in [-0.05, 0) is 26.7 Å². The van der Waals surface area contributed by atoms with Gasteiger partial charge >= 0.3 is 0 Å². The quantitative estimate of drug-likeness (QED) is 0.858. The first-order valence-corrected chi connectivity index (χ1v) is 8.49. The molecule has 3 rings (SSSR count). The van der Waals surface area contributed by atoms with Crippen LogP contribution in [-0.2, 0) is 7.05 Å². The number of aryl methyl sites for hydroxylation is 2. The molecule has 2 heterocycles. The lowest BCUT2D eigenvalue weighted by Gasteiger charge is -2.39. The van der Waals surface area contributed by atoms with Crippen molar-refractivity contribution >= 4 is 0 Å². The maximum Gasteiger partial charge on any atom is 0.140 e. The van der Waals surface area contributed by atoms with Crippen molar-refractivity contribution in [1.82, 2.24) is 19.4 Å². The van der Waals surface area contributed by atoms with Crippen molar-refractivity contribution in [3.63, 3.8) is 0 Å². The van der Waals surface area contributed by atoms with Crippen molar-refractivity contribution in [2.45, 2.75) is 51.6 Å². The summed E-state index contributed by atoms with van der Waals surface area (Å²) in [5.41, 5.74) is 2.05. The Kier molecular flexibility index (Phi) is 4.51. The van der Waals surface area contributed by atoms with Gasteiger partial charge in [0, 0.05) is 39.3 Å². The third-order valence-corrected chi connectivity index (χ3v) is 5.48. The lowest BCUT2D eigenvalue weighted by Crippen LogP contribution is -2.50. The molecule has 1 aromatic rings. The fraction of sp³-hybridized carbons (Fsp3) is 0.765. The molecule has 120 valence electrons. The van der Waals surface area contributed by atoms with Gasteiger partial charge in [-0.3, -0.25) is 9.80 Å². The van der Waals surface area contributed by atoms with Crippen LogP contribution in [0.1, 0.15) is 48.9 Å².